The first-order chi connectivity index (χ1) is 10.7. The molecular weight excluding hydrogens is 300 g/mol. The maximum Gasteiger partial charge on any atom is 0.410 e. The molecule has 0 saturated carbocycles. The van der Waals surface area contributed by atoms with Crippen molar-refractivity contribution in [1.82, 2.24) is 4.90 Å². The van der Waals surface area contributed by atoms with E-state index in [0.717, 1.165) is 11.1 Å². The van der Waals surface area contributed by atoms with E-state index in [0.29, 0.717) is 25.9 Å². The number of amides is 1. The number of fused-ring (bicyclic) bond motifs is 1. The SMILES string of the molecule is COc1cc2c(cc1[N+](=O)[O-])CCN(C(=O)OC(C)(C)C)CC2. The molecule has 1 aliphatic rings. The zero-order valence-corrected chi connectivity index (χ0v) is 13.9. The molecule has 0 aliphatic carbocycles. The highest BCUT2D eigenvalue weighted by molar-refractivity contribution is 5.68. The molecule has 0 unspecified atom stereocenters. The van der Waals surface area contributed by atoms with Gasteiger partial charge >= 0.3 is 11.8 Å². The summed E-state index contributed by atoms with van der Waals surface area (Å²) in [5.41, 5.74) is 1.26. The first-order valence-corrected chi connectivity index (χ1v) is 7.53. The van der Waals surface area contributed by atoms with Crippen molar-refractivity contribution in [2.45, 2.75) is 39.2 Å². The number of rotatable bonds is 2. The summed E-state index contributed by atoms with van der Waals surface area (Å²) in [7, 11) is 1.42. The van der Waals surface area contributed by atoms with Gasteiger partial charge in [0.25, 0.3) is 0 Å². The molecule has 0 fully saturated rings. The second-order valence-electron chi connectivity index (χ2n) is 6.52. The third kappa shape index (κ3) is 4.12. The van der Waals surface area contributed by atoms with E-state index in [2.05, 4.69) is 0 Å². The number of hydrogen-bond acceptors (Lipinski definition) is 5. The van der Waals surface area contributed by atoms with Gasteiger partial charge in [-0.25, -0.2) is 4.79 Å². The molecule has 1 amide bonds. The standard InChI is InChI=1S/C16H22N2O5/c1-16(2,3)23-15(19)17-7-5-11-9-13(18(20)21)14(22-4)10-12(11)6-8-17/h9-10H,5-8H2,1-4H3. The Morgan fingerprint density at radius 2 is 1.78 bits per heavy atom. The van der Waals surface area contributed by atoms with Crippen LogP contribution in [0.25, 0.3) is 0 Å². The van der Waals surface area contributed by atoms with Crippen molar-refractivity contribution in [2.75, 3.05) is 20.2 Å². The number of benzene rings is 1. The van der Waals surface area contributed by atoms with Crippen LogP contribution in [0.5, 0.6) is 5.75 Å². The van der Waals surface area contributed by atoms with Crippen molar-refractivity contribution in [3.63, 3.8) is 0 Å². The van der Waals surface area contributed by atoms with Crippen molar-refractivity contribution in [3.8, 4) is 5.75 Å². The number of nitro benzene ring substituents is 1. The maximum atomic E-state index is 12.2. The van der Waals surface area contributed by atoms with E-state index < -0.39 is 10.5 Å². The lowest BCUT2D eigenvalue weighted by Gasteiger charge is -2.26. The summed E-state index contributed by atoms with van der Waals surface area (Å²) in [6.45, 7) is 6.47. The molecule has 0 aromatic heterocycles. The van der Waals surface area contributed by atoms with Crippen molar-refractivity contribution in [1.29, 1.82) is 0 Å². The summed E-state index contributed by atoms with van der Waals surface area (Å²) in [5, 5.41) is 11.1. The van der Waals surface area contributed by atoms with Crippen LogP contribution >= 0.6 is 0 Å². The third-order valence-electron chi connectivity index (χ3n) is 3.65. The Balaban J connectivity index is 2.20. The van der Waals surface area contributed by atoms with Crippen LogP contribution in [0, 0.1) is 10.1 Å². The quantitative estimate of drug-likeness (QED) is 0.617. The van der Waals surface area contributed by atoms with Crippen LogP contribution in [-0.2, 0) is 17.6 Å². The fourth-order valence-corrected chi connectivity index (χ4v) is 2.56. The van der Waals surface area contributed by atoms with E-state index in [1.54, 1.807) is 17.0 Å². The lowest BCUT2D eigenvalue weighted by Crippen LogP contribution is -2.38. The van der Waals surface area contributed by atoms with Crippen LogP contribution in [-0.4, -0.2) is 41.7 Å². The van der Waals surface area contributed by atoms with Crippen molar-refractivity contribution < 1.29 is 19.2 Å². The topological polar surface area (TPSA) is 81.9 Å². The molecule has 126 valence electrons. The Labute approximate surface area is 135 Å². The van der Waals surface area contributed by atoms with Gasteiger partial charge in [0.15, 0.2) is 5.75 Å². The van der Waals surface area contributed by atoms with Gasteiger partial charge in [-0.1, -0.05) is 0 Å². The predicted molar refractivity (Wildman–Crippen MR) is 84.9 cm³/mol. The number of hydrogen-bond donors (Lipinski definition) is 0. The average molecular weight is 322 g/mol. The van der Waals surface area contributed by atoms with E-state index in [1.807, 2.05) is 20.8 Å². The summed E-state index contributed by atoms with van der Waals surface area (Å²) in [5.74, 6) is 0.250. The van der Waals surface area contributed by atoms with E-state index in [9.17, 15) is 14.9 Å². The highest BCUT2D eigenvalue weighted by Crippen LogP contribution is 2.32. The molecule has 1 aromatic rings. The van der Waals surface area contributed by atoms with E-state index >= 15 is 0 Å². The largest absolute Gasteiger partial charge is 0.490 e. The van der Waals surface area contributed by atoms with Crippen LogP contribution < -0.4 is 4.74 Å². The van der Waals surface area contributed by atoms with Crippen LogP contribution in [0.2, 0.25) is 0 Å². The Morgan fingerprint density at radius 3 is 2.26 bits per heavy atom. The zero-order chi connectivity index (χ0) is 17.2. The van der Waals surface area contributed by atoms with E-state index in [-0.39, 0.29) is 17.5 Å². The van der Waals surface area contributed by atoms with Crippen molar-refractivity contribution >= 4 is 11.8 Å². The summed E-state index contributed by atoms with van der Waals surface area (Å²) < 4.78 is 10.5. The van der Waals surface area contributed by atoms with Crippen LogP contribution in [0.1, 0.15) is 31.9 Å². The number of carbonyl (C=O) groups is 1. The normalized spacial score (nSPS) is 14.7. The Hall–Kier alpha value is -2.31. The molecule has 2 rings (SSSR count). The lowest BCUT2D eigenvalue weighted by molar-refractivity contribution is -0.385. The molecule has 7 nitrogen and oxygen atoms in total. The lowest BCUT2D eigenvalue weighted by atomic mass is 10.0. The van der Waals surface area contributed by atoms with Crippen LogP contribution in [0.15, 0.2) is 12.1 Å². The van der Waals surface area contributed by atoms with Gasteiger partial charge in [0.2, 0.25) is 0 Å². The Bertz CT molecular complexity index is 622. The van der Waals surface area contributed by atoms with E-state index in [4.69, 9.17) is 9.47 Å². The molecule has 0 N–H and O–H groups in total. The number of nitro groups is 1. The van der Waals surface area contributed by atoms with Crippen molar-refractivity contribution in [3.05, 3.63) is 33.4 Å². The summed E-state index contributed by atoms with van der Waals surface area (Å²) in [6.07, 6.45) is 0.814. The second kappa shape index (κ2) is 6.44. The highest BCUT2D eigenvalue weighted by Gasteiger charge is 2.26. The molecule has 0 spiro atoms. The molecule has 0 radical (unpaired) electrons. The fraction of sp³-hybridized carbons (Fsp3) is 0.562. The van der Waals surface area contributed by atoms with Gasteiger partial charge in [-0.05, 0) is 50.8 Å². The molecular formula is C16H22N2O5. The van der Waals surface area contributed by atoms with Crippen LogP contribution in [0.3, 0.4) is 0 Å². The van der Waals surface area contributed by atoms with Gasteiger partial charge in [-0.2, -0.15) is 0 Å². The fourth-order valence-electron chi connectivity index (χ4n) is 2.56. The maximum absolute atomic E-state index is 12.2. The molecule has 23 heavy (non-hydrogen) atoms. The number of methoxy groups -OCH3 is 1. The minimum absolute atomic E-state index is 0.0445. The van der Waals surface area contributed by atoms with E-state index in [1.165, 1.54) is 7.11 Å². The van der Waals surface area contributed by atoms with Gasteiger partial charge in [0, 0.05) is 19.2 Å². The zero-order valence-electron chi connectivity index (χ0n) is 13.9. The molecule has 1 aliphatic heterocycles. The second-order valence-corrected chi connectivity index (χ2v) is 6.52. The Morgan fingerprint density at radius 1 is 1.22 bits per heavy atom. The highest BCUT2D eigenvalue weighted by atomic mass is 16.6. The first kappa shape index (κ1) is 17.1. The van der Waals surface area contributed by atoms with Gasteiger partial charge in [0.05, 0.1) is 12.0 Å². The summed E-state index contributed by atoms with van der Waals surface area (Å²) >= 11 is 0. The monoisotopic (exact) mass is 322 g/mol. The Kier molecular flexibility index (Phi) is 4.77. The molecule has 1 aromatic carbocycles. The summed E-state index contributed by atoms with van der Waals surface area (Å²) in [4.78, 5) is 24.5. The summed E-state index contributed by atoms with van der Waals surface area (Å²) in [6, 6.07) is 3.25. The predicted octanol–water partition coefficient (Wildman–Crippen LogP) is 2.94. The minimum Gasteiger partial charge on any atom is -0.490 e. The number of carbonyl (C=O) groups excluding carboxylic acids is 1. The number of nitrogens with zero attached hydrogens (tertiary/aromatic N) is 2. The minimum atomic E-state index is -0.543. The van der Waals surface area contributed by atoms with Crippen LogP contribution in [0.4, 0.5) is 10.5 Å². The van der Waals surface area contributed by atoms with Crippen molar-refractivity contribution in [2.24, 2.45) is 0 Å². The molecule has 0 bridgehead atoms. The number of ether oxygens (including phenoxy) is 2. The molecule has 7 heteroatoms. The average Bonchev–Trinajstić information content (AvgIpc) is 2.65. The molecule has 0 atom stereocenters. The van der Waals surface area contributed by atoms with Gasteiger partial charge < -0.3 is 14.4 Å². The first-order valence-electron chi connectivity index (χ1n) is 7.53. The smallest absolute Gasteiger partial charge is 0.410 e. The molecule has 0 saturated heterocycles. The third-order valence-corrected chi connectivity index (χ3v) is 3.65. The van der Waals surface area contributed by atoms with Gasteiger partial charge in [0.1, 0.15) is 5.60 Å². The van der Waals surface area contributed by atoms with Gasteiger partial charge in [-0.15, -0.1) is 0 Å². The van der Waals surface area contributed by atoms with Gasteiger partial charge in [-0.3, -0.25) is 10.1 Å². The molecule has 1 heterocycles.